The maximum absolute atomic E-state index is 11.9. The predicted molar refractivity (Wildman–Crippen MR) is 68.5 cm³/mol. The van der Waals surface area contributed by atoms with Crippen LogP contribution in [0.15, 0.2) is 0 Å². The summed E-state index contributed by atoms with van der Waals surface area (Å²) in [5.74, 6) is -0.231. The second-order valence-corrected chi connectivity index (χ2v) is 6.92. The van der Waals surface area contributed by atoms with Crippen molar-refractivity contribution >= 4 is 34.2 Å². The fraction of sp³-hybridized carbons (Fsp3) is 0.833. The fourth-order valence-electron chi connectivity index (χ4n) is 3.44. The first kappa shape index (κ1) is 12.5. The van der Waals surface area contributed by atoms with Crippen molar-refractivity contribution in [2.24, 2.45) is 11.3 Å². The Morgan fingerprint density at radius 3 is 2.69 bits per heavy atom. The zero-order valence-corrected chi connectivity index (χ0v) is 11.8. The Morgan fingerprint density at radius 1 is 1.50 bits per heavy atom. The maximum Gasteiger partial charge on any atom is 0.141 e. The molecule has 2 saturated carbocycles. The summed E-state index contributed by atoms with van der Waals surface area (Å²) < 4.78 is 0.152. The van der Waals surface area contributed by atoms with Crippen molar-refractivity contribution in [3.63, 3.8) is 0 Å². The van der Waals surface area contributed by atoms with Gasteiger partial charge in [0.05, 0.1) is 16.9 Å². The van der Waals surface area contributed by atoms with Crippen molar-refractivity contribution in [3.8, 4) is 0 Å². The standard InChI is InChI=1S/C12H17IO3/c1-7(14)10-8(13)3-5-11(2)9(15)4-6-12(10,11)16/h8,10,16H,3-6H2,1-2H3/t8-,10+,11-,12+/m1/s1. The van der Waals surface area contributed by atoms with E-state index in [4.69, 9.17) is 0 Å². The molecule has 0 unspecified atom stereocenters. The molecule has 0 heterocycles. The lowest BCUT2D eigenvalue weighted by atomic mass is 9.60. The molecule has 1 N–H and O–H groups in total. The van der Waals surface area contributed by atoms with E-state index in [-0.39, 0.29) is 21.4 Å². The number of carbonyl (C=O) groups excluding carboxylic acids is 2. The smallest absolute Gasteiger partial charge is 0.141 e. The van der Waals surface area contributed by atoms with Gasteiger partial charge in [0.1, 0.15) is 11.6 Å². The van der Waals surface area contributed by atoms with Gasteiger partial charge in [-0.1, -0.05) is 22.6 Å². The van der Waals surface area contributed by atoms with Crippen molar-refractivity contribution in [2.75, 3.05) is 0 Å². The van der Waals surface area contributed by atoms with E-state index in [0.29, 0.717) is 19.3 Å². The van der Waals surface area contributed by atoms with Crippen LogP contribution >= 0.6 is 22.6 Å². The summed E-state index contributed by atoms with van der Waals surface area (Å²) >= 11 is 2.24. The molecular weight excluding hydrogens is 319 g/mol. The predicted octanol–water partition coefficient (Wildman–Crippen LogP) is 1.89. The van der Waals surface area contributed by atoms with Crippen molar-refractivity contribution < 1.29 is 14.7 Å². The highest BCUT2D eigenvalue weighted by molar-refractivity contribution is 14.1. The zero-order chi connectivity index (χ0) is 12.1. The van der Waals surface area contributed by atoms with Crippen LogP contribution in [0.4, 0.5) is 0 Å². The molecule has 4 atom stereocenters. The highest BCUT2D eigenvalue weighted by Crippen LogP contribution is 2.56. The maximum atomic E-state index is 11.9. The van der Waals surface area contributed by atoms with Crippen molar-refractivity contribution in [1.29, 1.82) is 0 Å². The van der Waals surface area contributed by atoms with Gasteiger partial charge in [-0.05, 0) is 33.1 Å². The minimum absolute atomic E-state index is 0.0162. The van der Waals surface area contributed by atoms with Crippen LogP contribution in [0.5, 0.6) is 0 Å². The number of alkyl halides is 1. The van der Waals surface area contributed by atoms with Crippen LogP contribution in [0.1, 0.15) is 39.5 Å². The van der Waals surface area contributed by atoms with Gasteiger partial charge in [-0.3, -0.25) is 9.59 Å². The molecule has 2 aliphatic carbocycles. The van der Waals surface area contributed by atoms with Gasteiger partial charge in [0, 0.05) is 10.3 Å². The molecule has 2 fully saturated rings. The molecule has 16 heavy (non-hydrogen) atoms. The van der Waals surface area contributed by atoms with Crippen molar-refractivity contribution in [2.45, 2.75) is 49.1 Å². The number of halogens is 1. The molecule has 90 valence electrons. The average Bonchev–Trinajstić information content (AvgIpc) is 2.41. The summed E-state index contributed by atoms with van der Waals surface area (Å²) in [6, 6.07) is 0. The Bertz CT molecular complexity index is 354. The molecule has 0 amide bonds. The van der Waals surface area contributed by atoms with E-state index in [1.807, 2.05) is 6.92 Å². The lowest BCUT2D eigenvalue weighted by Crippen LogP contribution is -2.59. The highest BCUT2D eigenvalue weighted by Gasteiger charge is 2.64. The summed E-state index contributed by atoms with van der Waals surface area (Å²) in [7, 11) is 0. The lowest BCUT2D eigenvalue weighted by molar-refractivity contribution is -0.157. The Morgan fingerprint density at radius 2 is 2.12 bits per heavy atom. The molecule has 3 nitrogen and oxygen atoms in total. The molecule has 0 radical (unpaired) electrons. The Hall–Kier alpha value is 0.0300. The van der Waals surface area contributed by atoms with E-state index < -0.39 is 11.0 Å². The van der Waals surface area contributed by atoms with Crippen LogP contribution in [0.3, 0.4) is 0 Å². The second-order valence-electron chi connectivity index (χ2n) is 5.32. The number of Topliss-reactive ketones (excluding diaryl/α,β-unsaturated/α-hetero) is 2. The minimum atomic E-state index is -1.10. The van der Waals surface area contributed by atoms with Gasteiger partial charge in [-0.2, -0.15) is 0 Å². The van der Waals surface area contributed by atoms with E-state index in [2.05, 4.69) is 22.6 Å². The van der Waals surface area contributed by atoms with E-state index in [9.17, 15) is 14.7 Å². The first-order valence-corrected chi connectivity index (χ1v) is 6.98. The van der Waals surface area contributed by atoms with E-state index in [0.717, 1.165) is 6.42 Å². The third kappa shape index (κ3) is 1.41. The summed E-state index contributed by atoms with van der Waals surface area (Å²) in [5.41, 5.74) is -1.79. The molecule has 0 aliphatic heterocycles. The van der Waals surface area contributed by atoms with E-state index in [1.165, 1.54) is 6.92 Å². The molecule has 0 spiro atoms. The minimum Gasteiger partial charge on any atom is -0.388 e. The first-order valence-electron chi connectivity index (χ1n) is 5.73. The second kappa shape index (κ2) is 3.77. The van der Waals surface area contributed by atoms with Crippen LogP contribution in [0.25, 0.3) is 0 Å². The summed E-state index contributed by atoms with van der Waals surface area (Å²) in [6.45, 7) is 3.36. The van der Waals surface area contributed by atoms with Crippen molar-refractivity contribution in [3.05, 3.63) is 0 Å². The third-order valence-electron chi connectivity index (χ3n) is 4.54. The SMILES string of the molecule is CC(=O)[C@H]1[C@H](I)CC[C@]2(C)C(=O)CC[C@]12O. The number of aliphatic hydroxyl groups is 1. The number of carbonyl (C=O) groups is 2. The van der Waals surface area contributed by atoms with Crippen LogP contribution in [0.2, 0.25) is 0 Å². The molecule has 2 rings (SSSR count). The molecule has 0 aromatic carbocycles. The van der Waals surface area contributed by atoms with Crippen LogP contribution in [-0.4, -0.2) is 26.2 Å². The van der Waals surface area contributed by atoms with Gasteiger partial charge in [-0.25, -0.2) is 0 Å². The monoisotopic (exact) mass is 336 g/mol. The van der Waals surface area contributed by atoms with Gasteiger partial charge in [0.2, 0.25) is 0 Å². The van der Waals surface area contributed by atoms with Gasteiger partial charge in [0.15, 0.2) is 0 Å². The van der Waals surface area contributed by atoms with Crippen LogP contribution < -0.4 is 0 Å². The quantitative estimate of drug-likeness (QED) is 0.588. The summed E-state index contributed by atoms with van der Waals surface area (Å²) in [4.78, 5) is 23.7. The van der Waals surface area contributed by atoms with Gasteiger partial charge in [0.25, 0.3) is 0 Å². The Kier molecular flexibility index (Phi) is 2.94. The van der Waals surface area contributed by atoms with Gasteiger partial charge >= 0.3 is 0 Å². The van der Waals surface area contributed by atoms with Gasteiger partial charge in [-0.15, -0.1) is 0 Å². The molecule has 0 aromatic rings. The Balaban J connectivity index is 2.47. The van der Waals surface area contributed by atoms with Crippen LogP contribution in [-0.2, 0) is 9.59 Å². The molecule has 2 aliphatic rings. The van der Waals surface area contributed by atoms with E-state index >= 15 is 0 Å². The number of rotatable bonds is 1. The first-order chi connectivity index (χ1) is 7.33. The lowest BCUT2D eigenvalue weighted by Gasteiger charge is -2.49. The number of hydrogen-bond acceptors (Lipinski definition) is 3. The fourth-order valence-corrected chi connectivity index (χ4v) is 4.85. The molecular formula is C12H17IO3. The van der Waals surface area contributed by atoms with E-state index in [1.54, 1.807) is 0 Å². The normalized spacial score (nSPS) is 47.9. The zero-order valence-electron chi connectivity index (χ0n) is 9.62. The summed E-state index contributed by atoms with van der Waals surface area (Å²) in [6.07, 6.45) is 2.42. The van der Waals surface area contributed by atoms with Gasteiger partial charge < -0.3 is 5.11 Å². The molecule has 0 saturated heterocycles. The average molecular weight is 336 g/mol. The summed E-state index contributed by atoms with van der Waals surface area (Å²) in [5, 5.41) is 10.8. The molecule has 4 heteroatoms. The van der Waals surface area contributed by atoms with Crippen molar-refractivity contribution in [1.82, 2.24) is 0 Å². The highest BCUT2D eigenvalue weighted by atomic mass is 127. The number of ketones is 2. The largest absolute Gasteiger partial charge is 0.388 e. The number of hydrogen-bond donors (Lipinski definition) is 1. The topological polar surface area (TPSA) is 54.4 Å². The third-order valence-corrected chi connectivity index (χ3v) is 5.88. The molecule has 0 aromatic heterocycles. The molecule has 0 bridgehead atoms. The van der Waals surface area contributed by atoms with Crippen LogP contribution in [0, 0.1) is 11.3 Å². The Labute approximate surface area is 109 Å². The number of fused-ring (bicyclic) bond motifs is 1.